The van der Waals surface area contributed by atoms with Crippen molar-refractivity contribution in [3.05, 3.63) is 34.2 Å². The molecule has 0 aliphatic carbocycles. The average Bonchev–Trinajstić information content (AvgIpc) is 2.57. The third-order valence-corrected chi connectivity index (χ3v) is 2.38. The van der Waals surface area contributed by atoms with Gasteiger partial charge in [0, 0.05) is 13.6 Å². The molecule has 6 nitrogen and oxygen atoms in total. The first kappa shape index (κ1) is 10.3. The highest BCUT2D eigenvalue weighted by Gasteiger charge is 2.05. The summed E-state index contributed by atoms with van der Waals surface area (Å²) in [7, 11) is 1.62. The molecule has 0 unspecified atom stereocenters. The van der Waals surface area contributed by atoms with E-state index in [1.807, 2.05) is 12.1 Å². The summed E-state index contributed by atoms with van der Waals surface area (Å²) in [4.78, 5) is 28.6. The van der Waals surface area contributed by atoms with Crippen LogP contribution < -0.4 is 11.4 Å². The minimum Gasteiger partial charge on any atom is -0.351 e. The Morgan fingerprint density at radius 3 is 2.75 bits per heavy atom. The molecule has 0 bridgehead atoms. The van der Waals surface area contributed by atoms with E-state index in [1.165, 1.54) is 4.90 Å². The predicted molar refractivity (Wildman–Crippen MR) is 60.0 cm³/mol. The number of benzene rings is 1. The number of carbonyl (C=O) groups excluding carboxylic acids is 1. The zero-order valence-electron chi connectivity index (χ0n) is 8.78. The van der Waals surface area contributed by atoms with Gasteiger partial charge in [-0.15, -0.1) is 0 Å². The Bertz CT molecular complexity index is 584. The summed E-state index contributed by atoms with van der Waals surface area (Å²) in [6.45, 7) is 0.415. The quantitative estimate of drug-likeness (QED) is 0.681. The van der Waals surface area contributed by atoms with Gasteiger partial charge in [0.05, 0.1) is 11.0 Å². The molecule has 0 aliphatic rings. The number of primary amides is 1. The highest BCUT2D eigenvalue weighted by atomic mass is 16.2. The highest BCUT2D eigenvalue weighted by molar-refractivity contribution is 5.75. The van der Waals surface area contributed by atoms with Crippen LogP contribution in [-0.2, 0) is 6.54 Å². The van der Waals surface area contributed by atoms with E-state index in [-0.39, 0.29) is 5.69 Å². The van der Waals surface area contributed by atoms with Crippen LogP contribution in [0.3, 0.4) is 0 Å². The smallest absolute Gasteiger partial charge is 0.323 e. The van der Waals surface area contributed by atoms with Gasteiger partial charge >= 0.3 is 11.7 Å². The molecule has 2 rings (SSSR count). The van der Waals surface area contributed by atoms with Crippen molar-refractivity contribution < 1.29 is 4.79 Å². The van der Waals surface area contributed by atoms with E-state index in [4.69, 9.17) is 5.73 Å². The summed E-state index contributed by atoms with van der Waals surface area (Å²) in [6.07, 6.45) is 0. The third kappa shape index (κ3) is 1.90. The molecule has 0 spiro atoms. The maximum Gasteiger partial charge on any atom is 0.323 e. The fourth-order valence-electron chi connectivity index (χ4n) is 1.53. The first-order chi connectivity index (χ1) is 7.56. The monoisotopic (exact) mass is 220 g/mol. The van der Waals surface area contributed by atoms with Gasteiger partial charge in [0.2, 0.25) is 0 Å². The van der Waals surface area contributed by atoms with Crippen LogP contribution in [0.4, 0.5) is 4.79 Å². The first-order valence-corrected chi connectivity index (χ1v) is 4.78. The molecule has 84 valence electrons. The Morgan fingerprint density at radius 2 is 2.06 bits per heavy atom. The lowest BCUT2D eigenvalue weighted by Crippen LogP contribution is -2.31. The fourth-order valence-corrected chi connectivity index (χ4v) is 1.53. The lowest BCUT2D eigenvalue weighted by atomic mass is 10.2. The number of hydrogen-bond acceptors (Lipinski definition) is 2. The Morgan fingerprint density at radius 1 is 1.38 bits per heavy atom. The zero-order valence-corrected chi connectivity index (χ0v) is 8.78. The third-order valence-electron chi connectivity index (χ3n) is 2.38. The van der Waals surface area contributed by atoms with Crippen LogP contribution in [0.15, 0.2) is 23.0 Å². The van der Waals surface area contributed by atoms with Crippen molar-refractivity contribution in [2.75, 3.05) is 7.05 Å². The molecule has 2 amide bonds. The standard InChI is InChI=1S/C10H12N4O2/c1-14(9(11)15)5-6-2-3-7-8(4-6)13-10(16)12-7/h2-4H,5H2,1H3,(H2,11,15)(H2,12,13,16). The molecule has 0 aliphatic heterocycles. The van der Waals surface area contributed by atoms with Crippen LogP contribution in [0.2, 0.25) is 0 Å². The molecule has 0 saturated carbocycles. The van der Waals surface area contributed by atoms with Gasteiger partial charge in [-0.2, -0.15) is 0 Å². The second-order valence-corrected chi connectivity index (χ2v) is 3.65. The molecule has 1 aromatic carbocycles. The van der Waals surface area contributed by atoms with Gasteiger partial charge in [-0.3, -0.25) is 0 Å². The zero-order chi connectivity index (χ0) is 11.7. The summed E-state index contributed by atoms with van der Waals surface area (Å²) in [5.74, 6) is 0. The minimum atomic E-state index is -0.484. The van der Waals surface area contributed by atoms with E-state index in [2.05, 4.69) is 9.97 Å². The molecular formula is C10H12N4O2. The highest BCUT2D eigenvalue weighted by Crippen LogP contribution is 2.11. The number of nitrogens with one attached hydrogen (secondary N) is 2. The second kappa shape index (κ2) is 3.73. The molecule has 0 fully saturated rings. The summed E-state index contributed by atoms with van der Waals surface area (Å²) in [6, 6.07) is 4.96. The molecule has 2 aromatic rings. The van der Waals surface area contributed by atoms with Gasteiger partial charge in [-0.25, -0.2) is 9.59 Å². The van der Waals surface area contributed by atoms with Crippen molar-refractivity contribution >= 4 is 17.1 Å². The van der Waals surface area contributed by atoms with Crippen LogP contribution in [0.1, 0.15) is 5.56 Å². The van der Waals surface area contributed by atoms with E-state index >= 15 is 0 Å². The number of nitrogens with zero attached hydrogens (tertiary/aromatic N) is 1. The van der Waals surface area contributed by atoms with Crippen molar-refractivity contribution in [3.63, 3.8) is 0 Å². The van der Waals surface area contributed by atoms with E-state index in [9.17, 15) is 9.59 Å². The second-order valence-electron chi connectivity index (χ2n) is 3.65. The van der Waals surface area contributed by atoms with E-state index in [1.54, 1.807) is 13.1 Å². The Hall–Kier alpha value is -2.24. The predicted octanol–water partition coefficient (Wildman–Crippen LogP) is 0.367. The lowest BCUT2D eigenvalue weighted by molar-refractivity contribution is 0.216. The minimum absolute atomic E-state index is 0.240. The average molecular weight is 220 g/mol. The van der Waals surface area contributed by atoms with Gasteiger partial charge in [0.1, 0.15) is 0 Å². The fraction of sp³-hybridized carbons (Fsp3) is 0.200. The molecule has 1 heterocycles. The maximum absolute atomic E-state index is 11.0. The normalized spacial score (nSPS) is 10.6. The van der Waals surface area contributed by atoms with Crippen molar-refractivity contribution in [2.24, 2.45) is 5.73 Å². The summed E-state index contributed by atoms with van der Waals surface area (Å²) in [5.41, 5.74) is 7.26. The summed E-state index contributed by atoms with van der Waals surface area (Å²) >= 11 is 0. The number of carbonyl (C=O) groups is 1. The number of H-pyrrole nitrogens is 2. The van der Waals surface area contributed by atoms with Crippen LogP contribution in [0.5, 0.6) is 0 Å². The van der Waals surface area contributed by atoms with Crippen LogP contribution >= 0.6 is 0 Å². The number of urea groups is 1. The Labute approximate surface area is 91.1 Å². The van der Waals surface area contributed by atoms with E-state index in [0.29, 0.717) is 6.54 Å². The molecular weight excluding hydrogens is 208 g/mol. The number of rotatable bonds is 2. The molecule has 16 heavy (non-hydrogen) atoms. The maximum atomic E-state index is 11.0. The molecule has 0 saturated heterocycles. The number of aromatic nitrogens is 2. The van der Waals surface area contributed by atoms with Crippen molar-refractivity contribution in [2.45, 2.75) is 6.54 Å². The van der Waals surface area contributed by atoms with Crippen molar-refractivity contribution in [3.8, 4) is 0 Å². The summed E-state index contributed by atoms with van der Waals surface area (Å²) in [5, 5.41) is 0. The van der Waals surface area contributed by atoms with Gasteiger partial charge in [-0.1, -0.05) is 6.07 Å². The molecule has 1 aromatic heterocycles. The van der Waals surface area contributed by atoms with Crippen LogP contribution in [0, 0.1) is 0 Å². The van der Waals surface area contributed by atoms with E-state index in [0.717, 1.165) is 16.6 Å². The van der Waals surface area contributed by atoms with Crippen LogP contribution in [0.25, 0.3) is 11.0 Å². The Kier molecular flexibility index (Phi) is 2.40. The Balaban J connectivity index is 2.32. The SMILES string of the molecule is CN(Cc1ccc2[nH]c(=O)[nH]c2c1)C(N)=O. The van der Waals surface area contributed by atoms with Crippen LogP contribution in [-0.4, -0.2) is 27.9 Å². The number of fused-ring (bicyclic) bond motifs is 1. The number of imidazole rings is 1. The number of nitrogens with two attached hydrogens (primary N) is 1. The van der Waals surface area contributed by atoms with Crippen molar-refractivity contribution in [1.29, 1.82) is 0 Å². The lowest BCUT2D eigenvalue weighted by Gasteiger charge is -2.13. The van der Waals surface area contributed by atoms with E-state index < -0.39 is 6.03 Å². The van der Waals surface area contributed by atoms with Crippen molar-refractivity contribution in [1.82, 2.24) is 14.9 Å². The number of aromatic amines is 2. The largest absolute Gasteiger partial charge is 0.351 e. The molecule has 0 radical (unpaired) electrons. The topological polar surface area (TPSA) is 95.0 Å². The first-order valence-electron chi connectivity index (χ1n) is 4.78. The number of hydrogen-bond donors (Lipinski definition) is 3. The van der Waals surface area contributed by atoms with Gasteiger partial charge in [0.15, 0.2) is 0 Å². The molecule has 4 N–H and O–H groups in total. The van der Waals surface area contributed by atoms with Gasteiger partial charge in [-0.05, 0) is 17.7 Å². The van der Waals surface area contributed by atoms with Gasteiger partial charge in [0.25, 0.3) is 0 Å². The number of amides is 2. The molecule has 0 atom stereocenters. The molecule has 6 heteroatoms. The summed E-state index contributed by atoms with van der Waals surface area (Å²) < 4.78 is 0. The van der Waals surface area contributed by atoms with Gasteiger partial charge < -0.3 is 20.6 Å².